The Morgan fingerprint density at radius 1 is 1.53 bits per heavy atom. The number of benzene rings is 1. The zero-order chi connectivity index (χ0) is 14.6. The first kappa shape index (κ1) is 15.1. The standard InChI is InChI=1S/C12H16N2O5/c1-8(15)6-13(2)7-9-4-3-5-10(14(18)19)11(9)12(16)17/h3-5,8,15H,6-7H2,1-2H3,(H,16,17). The predicted molar refractivity (Wildman–Crippen MR) is 68.1 cm³/mol. The number of hydrogen-bond donors (Lipinski definition) is 2. The van der Waals surface area contributed by atoms with Gasteiger partial charge in [-0.15, -0.1) is 0 Å². The van der Waals surface area contributed by atoms with Crippen LogP contribution < -0.4 is 0 Å². The normalized spacial score (nSPS) is 12.4. The SMILES string of the molecule is CC(O)CN(C)Cc1cccc([N+](=O)[O-])c1C(=O)O. The lowest BCUT2D eigenvalue weighted by molar-refractivity contribution is -0.385. The average Bonchev–Trinajstić information content (AvgIpc) is 2.26. The molecule has 19 heavy (non-hydrogen) atoms. The number of aliphatic hydroxyl groups is 1. The quantitative estimate of drug-likeness (QED) is 0.591. The van der Waals surface area contributed by atoms with Gasteiger partial charge < -0.3 is 10.2 Å². The van der Waals surface area contributed by atoms with E-state index >= 15 is 0 Å². The summed E-state index contributed by atoms with van der Waals surface area (Å²) in [4.78, 5) is 23.0. The molecule has 0 spiro atoms. The smallest absolute Gasteiger partial charge is 0.343 e. The fraction of sp³-hybridized carbons (Fsp3) is 0.417. The first-order chi connectivity index (χ1) is 8.82. The van der Waals surface area contributed by atoms with Crippen LogP contribution in [0.3, 0.4) is 0 Å². The minimum atomic E-state index is -1.33. The second-order valence-corrected chi connectivity index (χ2v) is 4.42. The van der Waals surface area contributed by atoms with Crippen molar-refractivity contribution >= 4 is 11.7 Å². The Bertz CT molecular complexity index is 487. The number of nitro benzene ring substituents is 1. The van der Waals surface area contributed by atoms with Crippen molar-refractivity contribution in [1.82, 2.24) is 4.90 Å². The van der Waals surface area contributed by atoms with Crippen molar-refractivity contribution in [3.05, 3.63) is 39.4 Å². The second-order valence-electron chi connectivity index (χ2n) is 4.42. The Labute approximate surface area is 110 Å². The summed E-state index contributed by atoms with van der Waals surface area (Å²) in [7, 11) is 1.71. The number of aromatic carboxylic acids is 1. The highest BCUT2D eigenvalue weighted by molar-refractivity contribution is 5.94. The number of nitro groups is 1. The number of carbonyl (C=O) groups is 1. The molecule has 0 amide bonds. The summed E-state index contributed by atoms with van der Waals surface area (Å²) in [6, 6.07) is 4.16. The second kappa shape index (κ2) is 6.26. The van der Waals surface area contributed by atoms with E-state index in [2.05, 4.69) is 0 Å². The summed E-state index contributed by atoms with van der Waals surface area (Å²) in [5, 5.41) is 29.2. The molecule has 1 unspecified atom stereocenters. The van der Waals surface area contributed by atoms with Crippen LogP contribution in [0.25, 0.3) is 0 Å². The van der Waals surface area contributed by atoms with Crippen molar-refractivity contribution in [2.45, 2.75) is 19.6 Å². The molecule has 7 heteroatoms. The van der Waals surface area contributed by atoms with Crippen LogP contribution in [-0.2, 0) is 6.54 Å². The molecule has 1 aromatic rings. The Kier molecular flexibility index (Phi) is 4.96. The first-order valence-electron chi connectivity index (χ1n) is 5.69. The molecule has 0 aliphatic heterocycles. The van der Waals surface area contributed by atoms with E-state index in [1.165, 1.54) is 18.2 Å². The van der Waals surface area contributed by atoms with Crippen LogP contribution >= 0.6 is 0 Å². The molecule has 0 fully saturated rings. The Morgan fingerprint density at radius 2 is 2.16 bits per heavy atom. The van der Waals surface area contributed by atoms with E-state index in [1.54, 1.807) is 18.9 Å². The van der Waals surface area contributed by atoms with Gasteiger partial charge in [0.15, 0.2) is 0 Å². The van der Waals surface area contributed by atoms with Gasteiger partial charge in [-0.25, -0.2) is 4.79 Å². The highest BCUT2D eigenvalue weighted by atomic mass is 16.6. The van der Waals surface area contributed by atoms with Crippen LogP contribution in [0.2, 0.25) is 0 Å². The van der Waals surface area contributed by atoms with Gasteiger partial charge in [-0.2, -0.15) is 0 Å². The molecule has 0 bridgehead atoms. The van der Waals surface area contributed by atoms with Crippen molar-refractivity contribution in [2.75, 3.05) is 13.6 Å². The van der Waals surface area contributed by atoms with Crippen LogP contribution in [0.1, 0.15) is 22.8 Å². The third-order valence-electron chi connectivity index (χ3n) is 2.56. The summed E-state index contributed by atoms with van der Waals surface area (Å²) >= 11 is 0. The van der Waals surface area contributed by atoms with E-state index in [1.807, 2.05) is 0 Å². The van der Waals surface area contributed by atoms with Crippen LogP contribution in [0.4, 0.5) is 5.69 Å². The zero-order valence-corrected chi connectivity index (χ0v) is 10.7. The summed E-state index contributed by atoms with van der Waals surface area (Å²) in [5.41, 5.74) is -0.370. The van der Waals surface area contributed by atoms with Gasteiger partial charge in [0.25, 0.3) is 5.69 Å². The minimum absolute atomic E-state index is 0.216. The van der Waals surface area contributed by atoms with Crippen molar-refractivity contribution in [2.24, 2.45) is 0 Å². The number of carboxylic acids is 1. The Hall–Kier alpha value is -1.99. The Balaban J connectivity index is 3.10. The third kappa shape index (κ3) is 4.01. The van der Waals surface area contributed by atoms with Crippen molar-refractivity contribution in [1.29, 1.82) is 0 Å². The molecule has 1 atom stereocenters. The molecule has 2 N–H and O–H groups in total. The van der Waals surface area contributed by atoms with Gasteiger partial charge in [0.1, 0.15) is 5.56 Å². The van der Waals surface area contributed by atoms with Crippen molar-refractivity contribution in [3.63, 3.8) is 0 Å². The summed E-state index contributed by atoms with van der Waals surface area (Å²) < 4.78 is 0. The predicted octanol–water partition coefficient (Wildman–Crippen LogP) is 1.11. The number of nitrogens with zero attached hydrogens (tertiary/aromatic N) is 2. The third-order valence-corrected chi connectivity index (χ3v) is 2.56. The monoisotopic (exact) mass is 268 g/mol. The number of likely N-dealkylation sites (N-methyl/N-ethyl adjacent to an activating group) is 1. The molecule has 0 heterocycles. The fourth-order valence-electron chi connectivity index (χ4n) is 1.92. The molecule has 104 valence electrons. The fourth-order valence-corrected chi connectivity index (χ4v) is 1.92. The molecule has 0 saturated carbocycles. The van der Waals surface area contributed by atoms with Gasteiger partial charge in [0.2, 0.25) is 0 Å². The van der Waals surface area contributed by atoms with Gasteiger partial charge in [0.05, 0.1) is 11.0 Å². The van der Waals surface area contributed by atoms with E-state index < -0.39 is 22.7 Å². The molecule has 0 saturated heterocycles. The number of hydrogen-bond acceptors (Lipinski definition) is 5. The van der Waals surface area contributed by atoms with Crippen LogP contribution in [0.15, 0.2) is 18.2 Å². The summed E-state index contributed by atoms with van der Waals surface area (Å²) in [6.07, 6.45) is -0.558. The number of rotatable bonds is 6. The molecule has 0 aliphatic carbocycles. The topological polar surface area (TPSA) is 104 Å². The van der Waals surface area contributed by atoms with E-state index in [9.17, 15) is 20.0 Å². The maximum Gasteiger partial charge on any atom is 0.343 e. The molecule has 1 aromatic carbocycles. The van der Waals surface area contributed by atoms with Crippen LogP contribution in [0, 0.1) is 10.1 Å². The molecule has 0 radical (unpaired) electrons. The lowest BCUT2D eigenvalue weighted by Gasteiger charge is -2.19. The number of aliphatic hydroxyl groups excluding tert-OH is 1. The lowest BCUT2D eigenvalue weighted by atomic mass is 10.0. The average molecular weight is 268 g/mol. The maximum absolute atomic E-state index is 11.2. The molecule has 0 aliphatic rings. The minimum Gasteiger partial charge on any atom is -0.477 e. The van der Waals surface area contributed by atoms with E-state index in [0.717, 1.165) is 0 Å². The highest BCUT2D eigenvalue weighted by Gasteiger charge is 2.23. The number of carboxylic acid groups (broad SMARTS) is 1. The van der Waals surface area contributed by atoms with Gasteiger partial charge in [-0.1, -0.05) is 12.1 Å². The summed E-state index contributed by atoms with van der Waals surface area (Å²) in [6.45, 7) is 2.18. The first-order valence-corrected chi connectivity index (χ1v) is 5.69. The van der Waals surface area contributed by atoms with E-state index in [4.69, 9.17) is 5.11 Å². The zero-order valence-electron chi connectivity index (χ0n) is 10.7. The van der Waals surface area contributed by atoms with E-state index in [-0.39, 0.29) is 12.1 Å². The maximum atomic E-state index is 11.2. The summed E-state index contributed by atoms with van der Waals surface area (Å²) in [5.74, 6) is -1.33. The van der Waals surface area contributed by atoms with Gasteiger partial charge in [-0.05, 0) is 19.5 Å². The van der Waals surface area contributed by atoms with E-state index in [0.29, 0.717) is 12.1 Å². The largest absolute Gasteiger partial charge is 0.477 e. The van der Waals surface area contributed by atoms with Crippen molar-refractivity contribution < 1.29 is 19.9 Å². The van der Waals surface area contributed by atoms with Gasteiger partial charge in [0, 0.05) is 19.2 Å². The lowest BCUT2D eigenvalue weighted by Crippen LogP contribution is -2.27. The molecular weight excluding hydrogens is 252 g/mol. The Morgan fingerprint density at radius 3 is 2.63 bits per heavy atom. The van der Waals surface area contributed by atoms with Gasteiger partial charge >= 0.3 is 5.97 Å². The van der Waals surface area contributed by atoms with Crippen LogP contribution in [-0.4, -0.2) is 45.7 Å². The highest BCUT2D eigenvalue weighted by Crippen LogP contribution is 2.23. The molecular formula is C12H16N2O5. The molecule has 0 aromatic heterocycles. The van der Waals surface area contributed by atoms with Crippen molar-refractivity contribution in [3.8, 4) is 0 Å². The molecule has 1 rings (SSSR count). The van der Waals surface area contributed by atoms with Gasteiger partial charge in [-0.3, -0.25) is 15.0 Å². The molecule has 7 nitrogen and oxygen atoms in total. The van der Waals surface area contributed by atoms with Crippen LogP contribution in [0.5, 0.6) is 0 Å².